The van der Waals surface area contributed by atoms with Crippen LogP contribution < -0.4 is 5.32 Å². The van der Waals surface area contributed by atoms with Gasteiger partial charge in [0.2, 0.25) is 5.95 Å². The van der Waals surface area contributed by atoms with Crippen LogP contribution in [0.1, 0.15) is 37.7 Å². The number of hydrogen-bond acceptors (Lipinski definition) is 5. The number of nitrogens with zero attached hydrogens (tertiary/aromatic N) is 5. The zero-order chi connectivity index (χ0) is 26.6. The Morgan fingerprint density at radius 2 is 1.92 bits per heavy atom. The number of benzene rings is 2. The summed E-state index contributed by atoms with van der Waals surface area (Å²) in [6.07, 6.45) is 6.42. The molecule has 1 aliphatic heterocycles. The van der Waals surface area contributed by atoms with Crippen molar-refractivity contribution in [1.82, 2.24) is 29.4 Å². The van der Waals surface area contributed by atoms with Gasteiger partial charge in [-0.1, -0.05) is 6.08 Å². The number of H-pyrrole nitrogens is 1. The molecule has 0 saturated heterocycles. The average Bonchev–Trinajstić information content (AvgIpc) is 3.46. The van der Waals surface area contributed by atoms with E-state index in [0.29, 0.717) is 16.9 Å². The van der Waals surface area contributed by atoms with E-state index in [2.05, 4.69) is 43.3 Å². The van der Waals surface area contributed by atoms with E-state index in [9.17, 15) is 4.39 Å². The molecule has 0 saturated carbocycles. The maximum atomic E-state index is 15.0. The molecule has 5 aromatic rings. The van der Waals surface area contributed by atoms with Crippen molar-refractivity contribution in [2.45, 2.75) is 33.2 Å². The molecule has 0 aliphatic carbocycles. The Morgan fingerprint density at radius 3 is 2.68 bits per heavy atom. The molecule has 0 unspecified atom stereocenters. The first kappa shape index (κ1) is 24.2. The number of anilines is 2. The zero-order valence-electron chi connectivity index (χ0n) is 21.8. The summed E-state index contributed by atoms with van der Waals surface area (Å²) in [7, 11) is 2.12. The van der Waals surface area contributed by atoms with Crippen LogP contribution in [0.25, 0.3) is 38.8 Å². The van der Waals surface area contributed by atoms with Gasteiger partial charge in [0, 0.05) is 53.0 Å². The van der Waals surface area contributed by atoms with E-state index < -0.39 is 11.6 Å². The summed E-state index contributed by atoms with van der Waals surface area (Å²) >= 11 is 0. The van der Waals surface area contributed by atoms with Crippen molar-refractivity contribution < 1.29 is 8.78 Å². The van der Waals surface area contributed by atoms with Crippen molar-refractivity contribution >= 4 is 39.1 Å². The zero-order valence-corrected chi connectivity index (χ0v) is 21.8. The summed E-state index contributed by atoms with van der Waals surface area (Å²) in [5.41, 5.74) is 5.54. The third-order valence-corrected chi connectivity index (χ3v) is 7.16. The number of rotatable bonds is 5. The Kier molecular flexibility index (Phi) is 5.95. The van der Waals surface area contributed by atoms with Crippen LogP contribution in [0.4, 0.5) is 20.4 Å². The molecule has 6 rings (SSSR count). The second-order valence-electron chi connectivity index (χ2n) is 10.2. The number of aromatic nitrogens is 5. The molecule has 194 valence electrons. The molecule has 0 radical (unpaired) electrons. The second kappa shape index (κ2) is 9.33. The number of aromatic amines is 1. The Hall–Kier alpha value is -4.11. The minimum Gasteiger partial charge on any atom is -0.361 e. The van der Waals surface area contributed by atoms with Crippen molar-refractivity contribution in [3.05, 3.63) is 71.8 Å². The summed E-state index contributed by atoms with van der Waals surface area (Å²) in [5, 5.41) is 4.30. The molecule has 0 bridgehead atoms. The van der Waals surface area contributed by atoms with E-state index in [1.807, 2.05) is 49.7 Å². The first-order valence-corrected chi connectivity index (χ1v) is 12.8. The van der Waals surface area contributed by atoms with Crippen molar-refractivity contribution in [3.8, 4) is 11.3 Å². The molecule has 9 heteroatoms. The van der Waals surface area contributed by atoms with E-state index in [1.165, 1.54) is 17.2 Å². The van der Waals surface area contributed by atoms with Crippen LogP contribution in [0.2, 0.25) is 0 Å². The van der Waals surface area contributed by atoms with Crippen LogP contribution in [0.5, 0.6) is 0 Å². The maximum Gasteiger partial charge on any atom is 0.227 e. The minimum atomic E-state index is -0.626. The van der Waals surface area contributed by atoms with Gasteiger partial charge in [0.25, 0.3) is 0 Å². The largest absolute Gasteiger partial charge is 0.361 e. The molecule has 0 spiro atoms. The molecule has 2 aromatic carbocycles. The normalized spacial score (nSPS) is 14.6. The average molecular weight is 514 g/mol. The molecule has 3 aromatic heterocycles. The Bertz CT molecular complexity index is 1710. The molecular formula is C29H29F2N7. The van der Waals surface area contributed by atoms with Gasteiger partial charge in [-0.25, -0.2) is 23.7 Å². The predicted octanol–water partition coefficient (Wildman–Crippen LogP) is 6.60. The fourth-order valence-electron chi connectivity index (χ4n) is 5.30. The third-order valence-electron chi connectivity index (χ3n) is 7.16. The van der Waals surface area contributed by atoms with E-state index in [4.69, 9.17) is 0 Å². The van der Waals surface area contributed by atoms with Gasteiger partial charge >= 0.3 is 0 Å². The van der Waals surface area contributed by atoms with Crippen molar-refractivity contribution in [2.75, 3.05) is 25.5 Å². The van der Waals surface area contributed by atoms with Gasteiger partial charge in [0.05, 0.1) is 11.7 Å². The lowest BCUT2D eigenvalue weighted by Crippen LogP contribution is -2.23. The summed E-state index contributed by atoms with van der Waals surface area (Å²) in [6, 6.07) is 9.06. The van der Waals surface area contributed by atoms with Gasteiger partial charge in [-0.15, -0.1) is 0 Å². The number of likely N-dealkylation sites (N-methyl/N-ethyl adjacent to an activating group) is 1. The smallest absolute Gasteiger partial charge is 0.227 e. The first-order valence-electron chi connectivity index (χ1n) is 12.8. The predicted molar refractivity (Wildman–Crippen MR) is 147 cm³/mol. The quantitative estimate of drug-likeness (QED) is 0.277. The highest BCUT2D eigenvalue weighted by atomic mass is 19.1. The van der Waals surface area contributed by atoms with Gasteiger partial charge in [0.15, 0.2) is 11.6 Å². The van der Waals surface area contributed by atoms with Gasteiger partial charge in [-0.2, -0.15) is 0 Å². The molecule has 0 atom stereocenters. The minimum absolute atomic E-state index is 0.0253. The van der Waals surface area contributed by atoms with Crippen LogP contribution in [-0.4, -0.2) is 49.5 Å². The molecule has 7 nitrogen and oxygen atoms in total. The van der Waals surface area contributed by atoms with Crippen LogP contribution in [0, 0.1) is 18.6 Å². The highest BCUT2D eigenvalue weighted by molar-refractivity contribution is 5.95. The molecule has 0 fully saturated rings. The molecule has 1 aliphatic rings. The first-order chi connectivity index (χ1) is 18.3. The molecule has 2 N–H and O–H groups in total. The third kappa shape index (κ3) is 4.22. The SMILES string of the molecule is Cc1nc2c(F)cc(-c3nc(Nc4ccc5[nH]cc(C6=CCN(C)CC6)c5c4)ncc3F)cc2n1C(C)C. The summed E-state index contributed by atoms with van der Waals surface area (Å²) in [6.45, 7) is 7.79. The fourth-order valence-corrected chi connectivity index (χ4v) is 5.30. The maximum absolute atomic E-state index is 15.0. The Balaban J connectivity index is 1.36. The Labute approximate surface area is 219 Å². The summed E-state index contributed by atoms with van der Waals surface area (Å²) in [5.74, 6) is -0.210. The number of aryl methyl sites for hydroxylation is 1. The highest BCUT2D eigenvalue weighted by Gasteiger charge is 2.19. The Morgan fingerprint density at radius 1 is 1.08 bits per heavy atom. The molecular weight excluding hydrogens is 484 g/mol. The van der Waals surface area contributed by atoms with Gasteiger partial charge in [-0.3, -0.25) is 0 Å². The second-order valence-corrected chi connectivity index (χ2v) is 10.2. The van der Waals surface area contributed by atoms with Gasteiger partial charge in [-0.05, 0) is 70.1 Å². The molecule has 38 heavy (non-hydrogen) atoms. The van der Waals surface area contributed by atoms with Crippen LogP contribution in [0.3, 0.4) is 0 Å². The van der Waals surface area contributed by atoms with E-state index in [0.717, 1.165) is 42.3 Å². The fraction of sp³-hybridized carbons (Fsp3) is 0.276. The van der Waals surface area contributed by atoms with E-state index in [-0.39, 0.29) is 23.2 Å². The van der Waals surface area contributed by atoms with E-state index in [1.54, 1.807) is 6.07 Å². The topological polar surface area (TPSA) is 74.7 Å². The lowest BCUT2D eigenvalue weighted by Gasteiger charge is -2.21. The van der Waals surface area contributed by atoms with Crippen molar-refractivity contribution in [2.24, 2.45) is 0 Å². The molecule has 4 heterocycles. The summed E-state index contributed by atoms with van der Waals surface area (Å²) in [4.78, 5) is 18.6. The lowest BCUT2D eigenvalue weighted by molar-refractivity contribution is 0.370. The number of nitrogens with one attached hydrogen (secondary N) is 2. The van der Waals surface area contributed by atoms with Crippen molar-refractivity contribution in [3.63, 3.8) is 0 Å². The van der Waals surface area contributed by atoms with Crippen LogP contribution in [-0.2, 0) is 0 Å². The number of hydrogen-bond donors (Lipinski definition) is 2. The summed E-state index contributed by atoms with van der Waals surface area (Å²) < 4.78 is 31.9. The standard InChI is InChI=1S/C29H29F2N7/c1-16(2)38-17(3)34-28-23(30)11-19(12-26(28)38)27-24(31)15-33-29(36-27)35-20-5-6-25-21(13-20)22(14-32-25)18-7-9-37(4)10-8-18/h5-7,11-16,32H,8-10H2,1-4H3,(H,33,35,36). The number of fused-ring (bicyclic) bond motifs is 2. The number of imidazole rings is 1. The highest BCUT2D eigenvalue weighted by Crippen LogP contribution is 2.33. The van der Waals surface area contributed by atoms with E-state index >= 15 is 4.39 Å². The van der Waals surface area contributed by atoms with Crippen LogP contribution in [0.15, 0.2) is 48.8 Å². The van der Waals surface area contributed by atoms with Crippen LogP contribution >= 0.6 is 0 Å². The molecule has 0 amide bonds. The number of halogens is 2. The van der Waals surface area contributed by atoms with Crippen molar-refractivity contribution in [1.29, 1.82) is 0 Å². The monoisotopic (exact) mass is 513 g/mol. The van der Waals surface area contributed by atoms with Gasteiger partial charge < -0.3 is 19.8 Å². The lowest BCUT2D eigenvalue weighted by atomic mass is 9.99. The van der Waals surface area contributed by atoms with Gasteiger partial charge in [0.1, 0.15) is 17.0 Å².